The van der Waals surface area contributed by atoms with Crippen LogP contribution in [0.4, 0.5) is 10.1 Å². The number of carbonyl (C=O) groups excluding carboxylic acids is 1. The van der Waals surface area contributed by atoms with E-state index in [1.165, 1.54) is 17.7 Å². The summed E-state index contributed by atoms with van der Waals surface area (Å²) in [6.45, 7) is 0.584. The zero-order valence-electron chi connectivity index (χ0n) is 13.4. The molecular weight excluding hydrogens is 364 g/mol. The van der Waals surface area contributed by atoms with E-state index < -0.39 is 11.7 Å². The Labute approximate surface area is 155 Å². The molecule has 0 saturated heterocycles. The third-order valence-corrected chi connectivity index (χ3v) is 4.95. The summed E-state index contributed by atoms with van der Waals surface area (Å²) in [6, 6.07) is 6.37. The Hall–Kier alpha value is -1.82. The summed E-state index contributed by atoms with van der Waals surface area (Å²) in [5, 5.41) is 2.44. The molecule has 2 aromatic rings. The van der Waals surface area contributed by atoms with Crippen LogP contribution in [0.15, 0.2) is 24.3 Å². The predicted molar refractivity (Wildman–Crippen MR) is 98.3 cm³/mol. The van der Waals surface area contributed by atoms with Crippen molar-refractivity contribution < 1.29 is 9.18 Å². The summed E-state index contributed by atoms with van der Waals surface area (Å²) < 4.78 is 13.5. The predicted octanol–water partition coefficient (Wildman–Crippen LogP) is 3.98. The zero-order chi connectivity index (χ0) is 18.1. The summed E-state index contributed by atoms with van der Waals surface area (Å²) in [5.74, 6) is -0.638. The van der Waals surface area contributed by atoms with Gasteiger partial charge in [-0.05, 0) is 53.6 Å². The van der Waals surface area contributed by atoms with Crippen LogP contribution in [0.5, 0.6) is 0 Å². The minimum absolute atomic E-state index is 0.192. The lowest BCUT2D eigenvalue weighted by Gasteiger charge is -2.17. The largest absolute Gasteiger partial charge is 0.398 e. The molecule has 1 fully saturated rings. The fourth-order valence-corrected chi connectivity index (χ4v) is 3.40. The van der Waals surface area contributed by atoms with E-state index >= 15 is 0 Å². The van der Waals surface area contributed by atoms with E-state index in [9.17, 15) is 9.18 Å². The van der Waals surface area contributed by atoms with E-state index in [1.54, 1.807) is 0 Å². The minimum Gasteiger partial charge on any atom is -0.398 e. The maximum Gasteiger partial charge on any atom is 0.251 e. The molecular formula is C18H18Cl2FN3O. The highest BCUT2D eigenvalue weighted by atomic mass is 35.5. The van der Waals surface area contributed by atoms with Gasteiger partial charge in [-0.2, -0.15) is 0 Å². The number of hydrogen-bond acceptors (Lipinski definition) is 3. The Morgan fingerprint density at radius 3 is 2.40 bits per heavy atom. The molecule has 1 aliphatic carbocycles. The Balaban J connectivity index is 1.84. The molecule has 0 aliphatic heterocycles. The number of nitrogens with one attached hydrogen (secondary N) is 1. The topological polar surface area (TPSA) is 81.1 Å². The zero-order valence-corrected chi connectivity index (χ0v) is 14.9. The molecule has 5 N–H and O–H groups in total. The van der Waals surface area contributed by atoms with Crippen LogP contribution < -0.4 is 16.8 Å². The third-order valence-electron chi connectivity index (χ3n) is 4.40. The van der Waals surface area contributed by atoms with Crippen LogP contribution in [0, 0.1) is 5.82 Å². The monoisotopic (exact) mass is 381 g/mol. The second-order valence-electron chi connectivity index (χ2n) is 6.12. The fourth-order valence-electron chi connectivity index (χ4n) is 2.91. The van der Waals surface area contributed by atoms with Gasteiger partial charge in [0.25, 0.3) is 5.91 Å². The molecule has 7 heteroatoms. The van der Waals surface area contributed by atoms with Crippen LogP contribution in [-0.4, -0.2) is 5.91 Å². The first-order valence-electron chi connectivity index (χ1n) is 7.95. The highest BCUT2D eigenvalue weighted by Gasteiger charge is 2.27. The molecule has 1 amide bonds. The molecule has 0 bridgehead atoms. The van der Waals surface area contributed by atoms with Crippen LogP contribution in [0.25, 0.3) is 0 Å². The van der Waals surface area contributed by atoms with Gasteiger partial charge in [-0.3, -0.25) is 4.79 Å². The van der Waals surface area contributed by atoms with E-state index in [4.69, 9.17) is 34.7 Å². The van der Waals surface area contributed by atoms with Crippen molar-refractivity contribution in [3.8, 4) is 0 Å². The summed E-state index contributed by atoms with van der Waals surface area (Å²) in [5.41, 5.74) is 15.7. The number of carbonyl (C=O) groups is 1. The first kappa shape index (κ1) is 18.0. The molecule has 1 aliphatic rings. The van der Waals surface area contributed by atoms with Crippen LogP contribution in [0.3, 0.4) is 0 Å². The molecule has 2 aromatic carbocycles. The van der Waals surface area contributed by atoms with Gasteiger partial charge in [0.15, 0.2) is 5.82 Å². The van der Waals surface area contributed by atoms with Crippen molar-refractivity contribution >= 4 is 34.8 Å². The number of anilines is 1. The SMILES string of the molecule is NCc1c(N)ccc(C2CC2)c1CNC(=O)c1cc(Cl)c(F)c(Cl)c1. The molecule has 1 saturated carbocycles. The second-order valence-corrected chi connectivity index (χ2v) is 6.93. The first-order chi connectivity index (χ1) is 11.9. The van der Waals surface area contributed by atoms with Crippen LogP contribution >= 0.6 is 23.2 Å². The average Bonchev–Trinajstić information content (AvgIpc) is 3.42. The summed E-state index contributed by atoms with van der Waals surface area (Å²) >= 11 is 11.5. The van der Waals surface area contributed by atoms with E-state index in [0.717, 1.165) is 24.0 Å². The number of hydrogen-bond donors (Lipinski definition) is 3. The van der Waals surface area contributed by atoms with Crippen LogP contribution in [0.2, 0.25) is 10.0 Å². The van der Waals surface area contributed by atoms with E-state index in [2.05, 4.69) is 5.32 Å². The van der Waals surface area contributed by atoms with Crippen molar-refractivity contribution in [1.29, 1.82) is 0 Å². The quantitative estimate of drug-likeness (QED) is 0.541. The number of amides is 1. The van der Waals surface area contributed by atoms with E-state index in [0.29, 0.717) is 18.2 Å². The van der Waals surface area contributed by atoms with Gasteiger partial charge in [-0.25, -0.2) is 4.39 Å². The Kier molecular flexibility index (Phi) is 5.18. The van der Waals surface area contributed by atoms with Gasteiger partial charge in [-0.1, -0.05) is 29.3 Å². The molecule has 0 aromatic heterocycles. The summed E-state index contributed by atoms with van der Waals surface area (Å²) in [6.07, 6.45) is 2.25. The Bertz CT molecular complexity index is 814. The van der Waals surface area contributed by atoms with Gasteiger partial charge in [-0.15, -0.1) is 0 Å². The molecule has 132 valence electrons. The molecule has 0 spiro atoms. The average molecular weight is 382 g/mol. The Morgan fingerprint density at radius 1 is 1.20 bits per heavy atom. The molecule has 0 heterocycles. The van der Waals surface area contributed by atoms with Crippen molar-refractivity contribution in [3.05, 3.63) is 62.4 Å². The van der Waals surface area contributed by atoms with Crippen LogP contribution in [0.1, 0.15) is 45.8 Å². The van der Waals surface area contributed by atoms with Crippen molar-refractivity contribution in [2.45, 2.75) is 31.8 Å². The summed E-state index contributed by atoms with van der Waals surface area (Å²) in [7, 11) is 0. The fraction of sp³-hybridized carbons (Fsp3) is 0.278. The molecule has 0 unspecified atom stereocenters. The summed E-state index contributed by atoms with van der Waals surface area (Å²) in [4.78, 5) is 12.4. The Morgan fingerprint density at radius 2 is 1.84 bits per heavy atom. The number of nitrogens with two attached hydrogens (primary N) is 2. The van der Waals surface area contributed by atoms with E-state index in [1.807, 2.05) is 12.1 Å². The van der Waals surface area contributed by atoms with Crippen molar-refractivity contribution in [2.75, 3.05) is 5.73 Å². The van der Waals surface area contributed by atoms with Gasteiger partial charge < -0.3 is 16.8 Å². The number of halogens is 3. The van der Waals surface area contributed by atoms with Gasteiger partial charge in [0, 0.05) is 24.3 Å². The maximum atomic E-state index is 13.5. The normalized spacial score (nSPS) is 13.8. The van der Waals surface area contributed by atoms with E-state index in [-0.39, 0.29) is 22.2 Å². The lowest BCUT2D eigenvalue weighted by atomic mass is 9.96. The minimum atomic E-state index is -0.739. The lowest BCUT2D eigenvalue weighted by Crippen LogP contribution is -2.25. The lowest BCUT2D eigenvalue weighted by molar-refractivity contribution is 0.0950. The van der Waals surface area contributed by atoms with Gasteiger partial charge in [0.2, 0.25) is 0 Å². The van der Waals surface area contributed by atoms with Crippen molar-refractivity contribution in [2.24, 2.45) is 5.73 Å². The molecule has 0 atom stereocenters. The smallest absolute Gasteiger partial charge is 0.251 e. The van der Waals surface area contributed by atoms with Gasteiger partial charge >= 0.3 is 0 Å². The molecule has 0 radical (unpaired) electrons. The standard InChI is InChI=1S/C18H18Cl2FN3O/c19-14-5-10(6-15(20)17(14)21)18(25)24-8-13-11(9-1-2-9)3-4-16(23)12(13)7-22/h3-6,9H,1-2,7-8,22-23H2,(H,24,25). The maximum absolute atomic E-state index is 13.5. The molecule has 4 nitrogen and oxygen atoms in total. The van der Waals surface area contributed by atoms with Crippen molar-refractivity contribution in [1.82, 2.24) is 5.32 Å². The highest BCUT2D eigenvalue weighted by molar-refractivity contribution is 6.35. The van der Waals surface area contributed by atoms with Crippen LogP contribution in [-0.2, 0) is 13.1 Å². The van der Waals surface area contributed by atoms with Gasteiger partial charge in [0.1, 0.15) is 0 Å². The first-order valence-corrected chi connectivity index (χ1v) is 8.71. The molecule has 3 rings (SSSR count). The number of rotatable bonds is 5. The highest BCUT2D eigenvalue weighted by Crippen LogP contribution is 2.43. The van der Waals surface area contributed by atoms with Gasteiger partial charge in [0.05, 0.1) is 10.0 Å². The number of benzene rings is 2. The van der Waals surface area contributed by atoms with Crippen molar-refractivity contribution in [3.63, 3.8) is 0 Å². The molecule has 25 heavy (non-hydrogen) atoms. The second kappa shape index (κ2) is 7.20. The number of nitrogen functional groups attached to an aromatic ring is 1. The third kappa shape index (κ3) is 3.73.